The number of aromatic nitrogens is 1. The molecule has 1 atom stereocenters. The van der Waals surface area contributed by atoms with Gasteiger partial charge < -0.3 is 10.3 Å². The van der Waals surface area contributed by atoms with E-state index in [1.54, 1.807) is 18.2 Å². The molecule has 0 saturated heterocycles. The molecule has 0 fully saturated rings. The third-order valence-electron chi connectivity index (χ3n) is 2.70. The van der Waals surface area contributed by atoms with Gasteiger partial charge in [-0.25, -0.2) is 0 Å². The first-order chi connectivity index (χ1) is 8.61. The van der Waals surface area contributed by atoms with Gasteiger partial charge in [-0.2, -0.15) is 0 Å². The molecule has 0 spiro atoms. The fourth-order valence-corrected chi connectivity index (χ4v) is 2.12. The quantitative estimate of drug-likeness (QED) is 0.903. The molecule has 2 aromatic rings. The van der Waals surface area contributed by atoms with Crippen LogP contribution in [0.5, 0.6) is 0 Å². The Morgan fingerprint density at radius 3 is 2.83 bits per heavy atom. The van der Waals surface area contributed by atoms with Crippen LogP contribution >= 0.6 is 23.2 Å². The summed E-state index contributed by atoms with van der Waals surface area (Å²) in [7, 11) is 0. The average Bonchev–Trinajstić information content (AvgIpc) is 2.82. The molecule has 0 saturated carbocycles. The second-order valence-electron chi connectivity index (χ2n) is 4.13. The maximum atomic E-state index is 6.11. The summed E-state index contributed by atoms with van der Waals surface area (Å²) in [6.45, 7) is 2.07. The lowest BCUT2D eigenvalue weighted by molar-refractivity contribution is 0.356. The highest BCUT2D eigenvalue weighted by atomic mass is 35.5. The lowest BCUT2D eigenvalue weighted by Crippen LogP contribution is -2.08. The third-order valence-corrected chi connectivity index (χ3v) is 3.26. The van der Waals surface area contributed by atoms with Crippen molar-refractivity contribution < 1.29 is 4.52 Å². The summed E-state index contributed by atoms with van der Waals surface area (Å²) in [6, 6.07) is 6.92. The minimum atomic E-state index is -0.130. The molecule has 1 aromatic carbocycles. The summed E-state index contributed by atoms with van der Waals surface area (Å²) >= 11 is 12.1. The molecule has 2 N–H and O–H groups in total. The van der Waals surface area contributed by atoms with E-state index < -0.39 is 0 Å². The van der Waals surface area contributed by atoms with Crippen LogP contribution in [0.3, 0.4) is 0 Å². The number of nitrogens with two attached hydrogens (primary N) is 1. The number of nitrogens with zero attached hydrogens (tertiary/aromatic N) is 1. The zero-order chi connectivity index (χ0) is 13.1. The topological polar surface area (TPSA) is 52.0 Å². The van der Waals surface area contributed by atoms with Crippen LogP contribution in [0.4, 0.5) is 0 Å². The van der Waals surface area contributed by atoms with Gasteiger partial charge in [-0.1, -0.05) is 41.7 Å². The Hall–Kier alpha value is -1.03. The monoisotopic (exact) mass is 284 g/mol. The molecule has 5 heteroatoms. The van der Waals surface area contributed by atoms with Gasteiger partial charge in [0, 0.05) is 16.7 Å². The van der Waals surface area contributed by atoms with Gasteiger partial charge in [-0.3, -0.25) is 0 Å². The van der Waals surface area contributed by atoms with Crippen molar-refractivity contribution >= 4 is 23.2 Å². The summed E-state index contributed by atoms with van der Waals surface area (Å²) in [5.41, 5.74) is 7.38. The minimum Gasteiger partial charge on any atom is -0.359 e. The van der Waals surface area contributed by atoms with Crippen molar-refractivity contribution in [2.75, 3.05) is 0 Å². The fourth-order valence-electron chi connectivity index (χ4n) is 1.74. The molecule has 1 unspecified atom stereocenters. The Balaban J connectivity index is 2.32. The second-order valence-corrected chi connectivity index (χ2v) is 4.98. The maximum Gasteiger partial charge on any atom is 0.154 e. The number of hydrogen-bond acceptors (Lipinski definition) is 3. The smallest absolute Gasteiger partial charge is 0.154 e. The molecular weight excluding hydrogens is 271 g/mol. The van der Waals surface area contributed by atoms with E-state index in [9.17, 15) is 0 Å². The predicted molar refractivity (Wildman–Crippen MR) is 73.8 cm³/mol. The first-order valence-electron chi connectivity index (χ1n) is 5.79. The van der Waals surface area contributed by atoms with Crippen molar-refractivity contribution in [3.63, 3.8) is 0 Å². The normalized spacial score (nSPS) is 12.7. The van der Waals surface area contributed by atoms with Crippen LogP contribution in [-0.2, 0) is 0 Å². The highest BCUT2D eigenvalue weighted by Gasteiger charge is 2.14. The molecule has 1 heterocycles. The average molecular weight is 285 g/mol. The number of benzene rings is 1. The van der Waals surface area contributed by atoms with E-state index in [1.165, 1.54) is 0 Å². The zero-order valence-corrected chi connectivity index (χ0v) is 11.5. The van der Waals surface area contributed by atoms with Crippen LogP contribution in [0, 0.1) is 0 Å². The van der Waals surface area contributed by atoms with E-state index in [1.807, 2.05) is 6.07 Å². The van der Waals surface area contributed by atoms with Crippen molar-refractivity contribution in [3.05, 3.63) is 40.1 Å². The van der Waals surface area contributed by atoms with E-state index in [0.29, 0.717) is 21.5 Å². The lowest BCUT2D eigenvalue weighted by Gasteiger charge is -2.03. The van der Waals surface area contributed by atoms with E-state index >= 15 is 0 Å². The first-order valence-corrected chi connectivity index (χ1v) is 6.55. The van der Waals surface area contributed by atoms with Gasteiger partial charge in [-0.15, -0.1) is 0 Å². The molecule has 0 amide bonds. The van der Waals surface area contributed by atoms with Gasteiger partial charge in [0.15, 0.2) is 5.76 Å². The van der Waals surface area contributed by atoms with Gasteiger partial charge in [0.05, 0.1) is 11.1 Å². The van der Waals surface area contributed by atoms with Crippen molar-refractivity contribution in [1.29, 1.82) is 0 Å². The number of rotatable bonds is 4. The largest absolute Gasteiger partial charge is 0.359 e. The molecule has 96 valence electrons. The summed E-state index contributed by atoms with van der Waals surface area (Å²) < 4.78 is 5.25. The van der Waals surface area contributed by atoms with Gasteiger partial charge in [0.2, 0.25) is 0 Å². The molecule has 0 aliphatic carbocycles. The Labute approximate surface area is 116 Å². The Kier molecular flexibility index (Phi) is 4.27. The Morgan fingerprint density at radius 1 is 1.33 bits per heavy atom. The third kappa shape index (κ3) is 2.86. The predicted octanol–water partition coefficient (Wildman–Crippen LogP) is 4.45. The molecule has 1 aromatic heterocycles. The number of halogens is 2. The molecule has 0 aliphatic rings. The van der Waals surface area contributed by atoms with Crippen LogP contribution in [0.25, 0.3) is 11.3 Å². The first kappa shape index (κ1) is 13.4. The Morgan fingerprint density at radius 2 is 2.11 bits per heavy atom. The van der Waals surface area contributed by atoms with Crippen LogP contribution in [0.2, 0.25) is 10.0 Å². The van der Waals surface area contributed by atoms with Gasteiger partial charge >= 0.3 is 0 Å². The molecule has 3 nitrogen and oxygen atoms in total. The van der Waals surface area contributed by atoms with E-state index in [2.05, 4.69) is 12.1 Å². The zero-order valence-electron chi connectivity index (χ0n) is 9.99. The molecule has 2 rings (SSSR count). The van der Waals surface area contributed by atoms with Gasteiger partial charge in [-0.05, 0) is 24.6 Å². The SMILES string of the molecule is CCCC(N)c1cc(-c2cc(Cl)ccc2Cl)no1. The number of hydrogen-bond donors (Lipinski definition) is 1. The Bertz CT molecular complexity index is 540. The van der Waals surface area contributed by atoms with Crippen LogP contribution in [-0.4, -0.2) is 5.16 Å². The molecule has 18 heavy (non-hydrogen) atoms. The lowest BCUT2D eigenvalue weighted by atomic mass is 10.1. The molecule has 0 radical (unpaired) electrons. The van der Waals surface area contributed by atoms with Gasteiger partial charge in [0.25, 0.3) is 0 Å². The fraction of sp³-hybridized carbons (Fsp3) is 0.308. The summed E-state index contributed by atoms with van der Waals surface area (Å²) in [5, 5.41) is 5.19. The highest BCUT2D eigenvalue weighted by Crippen LogP contribution is 2.31. The van der Waals surface area contributed by atoms with Crippen LogP contribution < -0.4 is 5.73 Å². The van der Waals surface area contributed by atoms with Crippen LogP contribution in [0.1, 0.15) is 31.6 Å². The van der Waals surface area contributed by atoms with E-state index in [4.69, 9.17) is 33.5 Å². The van der Waals surface area contributed by atoms with E-state index in [-0.39, 0.29) is 6.04 Å². The standard InChI is InChI=1S/C13H14Cl2N2O/c1-2-3-11(16)13-7-12(17-18-13)9-6-8(14)4-5-10(9)15/h4-7,11H,2-3,16H2,1H3. The second kappa shape index (κ2) is 5.74. The summed E-state index contributed by atoms with van der Waals surface area (Å²) in [6.07, 6.45) is 1.85. The molecule has 0 aliphatic heterocycles. The van der Waals surface area contributed by atoms with Crippen LogP contribution in [0.15, 0.2) is 28.8 Å². The summed E-state index contributed by atoms with van der Waals surface area (Å²) in [5.74, 6) is 0.669. The summed E-state index contributed by atoms with van der Waals surface area (Å²) in [4.78, 5) is 0. The highest BCUT2D eigenvalue weighted by molar-refractivity contribution is 6.35. The molecule has 0 bridgehead atoms. The maximum absolute atomic E-state index is 6.11. The van der Waals surface area contributed by atoms with Crippen molar-refractivity contribution in [1.82, 2.24) is 5.16 Å². The van der Waals surface area contributed by atoms with Crippen molar-refractivity contribution in [2.45, 2.75) is 25.8 Å². The van der Waals surface area contributed by atoms with Crippen molar-refractivity contribution in [2.24, 2.45) is 5.73 Å². The minimum absolute atomic E-state index is 0.130. The van der Waals surface area contributed by atoms with Crippen molar-refractivity contribution in [3.8, 4) is 11.3 Å². The van der Waals surface area contributed by atoms with E-state index in [0.717, 1.165) is 18.4 Å². The molecular formula is C13H14Cl2N2O. The van der Waals surface area contributed by atoms with Gasteiger partial charge in [0.1, 0.15) is 5.69 Å².